The van der Waals surface area contributed by atoms with Gasteiger partial charge in [0.05, 0.1) is 23.0 Å². The molecule has 5 nitrogen and oxygen atoms in total. The first-order chi connectivity index (χ1) is 16.8. The number of nitrogens with two attached hydrogens (primary N) is 1. The van der Waals surface area contributed by atoms with Crippen LogP contribution in [0.3, 0.4) is 0 Å². The fourth-order valence-corrected chi connectivity index (χ4v) is 4.79. The number of aryl methyl sites for hydroxylation is 2. The van der Waals surface area contributed by atoms with Crippen LogP contribution in [-0.4, -0.2) is 20.8 Å². The van der Waals surface area contributed by atoms with Crippen LogP contribution in [-0.2, 0) is 13.0 Å². The van der Waals surface area contributed by atoms with Gasteiger partial charge in [-0.1, -0.05) is 48.5 Å². The van der Waals surface area contributed by atoms with E-state index in [1.54, 1.807) is 36.9 Å². The van der Waals surface area contributed by atoms with Crippen molar-refractivity contribution in [2.75, 3.05) is 5.73 Å². The maximum absolute atomic E-state index is 15.0. The number of halogens is 2. The Balaban J connectivity index is 1.70. The van der Waals surface area contributed by atoms with Gasteiger partial charge in [-0.05, 0) is 54.3 Å². The Hall–Kier alpha value is -4.13. The third-order valence-corrected chi connectivity index (χ3v) is 6.40. The van der Waals surface area contributed by atoms with Gasteiger partial charge in [-0.2, -0.15) is 0 Å². The second kappa shape index (κ2) is 8.91. The molecule has 0 fully saturated rings. The van der Waals surface area contributed by atoms with Gasteiger partial charge in [0.2, 0.25) is 5.95 Å². The zero-order valence-corrected chi connectivity index (χ0v) is 19.4. The van der Waals surface area contributed by atoms with E-state index in [0.717, 1.165) is 11.1 Å². The number of hydrogen-bond donors (Lipinski definition) is 1. The molecule has 1 unspecified atom stereocenters. The van der Waals surface area contributed by atoms with E-state index in [2.05, 4.69) is 9.97 Å². The van der Waals surface area contributed by atoms with Gasteiger partial charge in [0, 0.05) is 18.5 Å². The number of carbonyl (C=O) groups is 1. The van der Waals surface area contributed by atoms with E-state index in [-0.39, 0.29) is 17.4 Å². The largest absolute Gasteiger partial charge is 0.368 e. The van der Waals surface area contributed by atoms with E-state index in [4.69, 9.17) is 5.73 Å². The van der Waals surface area contributed by atoms with E-state index in [1.165, 1.54) is 18.2 Å². The third-order valence-electron chi connectivity index (χ3n) is 6.40. The Labute approximate surface area is 202 Å². The lowest BCUT2D eigenvalue weighted by atomic mass is 9.86. The van der Waals surface area contributed by atoms with Crippen molar-refractivity contribution in [2.24, 2.45) is 0 Å². The summed E-state index contributed by atoms with van der Waals surface area (Å²) in [5, 5.41) is 0. The number of benzene rings is 3. The van der Waals surface area contributed by atoms with Gasteiger partial charge in [-0.3, -0.25) is 4.79 Å². The summed E-state index contributed by atoms with van der Waals surface area (Å²) in [4.78, 5) is 24.1. The van der Waals surface area contributed by atoms with Crippen LogP contribution in [0.25, 0.3) is 11.1 Å². The molecule has 0 aliphatic carbocycles. The van der Waals surface area contributed by atoms with Crippen LogP contribution < -0.4 is 5.73 Å². The third kappa shape index (κ3) is 4.25. The predicted molar refractivity (Wildman–Crippen MR) is 130 cm³/mol. The van der Waals surface area contributed by atoms with Crippen molar-refractivity contribution in [2.45, 2.75) is 32.9 Å². The lowest BCUT2D eigenvalue weighted by Crippen LogP contribution is -2.41. The van der Waals surface area contributed by atoms with Gasteiger partial charge in [0.15, 0.2) is 0 Å². The Kier molecular flexibility index (Phi) is 5.76. The van der Waals surface area contributed by atoms with Crippen molar-refractivity contribution in [1.29, 1.82) is 0 Å². The van der Waals surface area contributed by atoms with Crippen molar-refractivity contribution in [3.63, 3.8) is 0 Å². The molecule has 3 aromatic carbocycles. The average Bonchev–Trinajstić information content (AvgIpc) is 2.81. The summed E-state index contributed by atoms with van der Waals surface area (Å²) >= 11 is 0. The summed E-state index contributed by atoms with van der Waals surface area (Å²) in [5.74, 6) is -1.08. The molecule has 1 amide bonds. The number of nitrogen functional groups attached to an aromatic ring is 1. The van der Waals surface area contributed by atoms with Crippen LogP contribution in [0.2, 0.25) is 0 Å². The highest BCUT2D eigenvalue weighted by atomic mass is 19.1. The lowest BCUT2D eigenvalue weighted by Gasteiger charge is -2.38. The minimum Gasteiger partial charge on any atom is -0.368 e. The van der Waals surface area contributed by atoms with Crippen LogP contribution >= 0.6 is 0 Å². The summed E-state index contributed by atoms with van der Waals surface area (Å²) in [6.07, 6.45) is 0.341. The van der Waals surface area contributed by atoms with Gasteiger partial charge in [0.25, 0.3) is 5.91 Å². The molecule has 5 rings (SSSR count). The van der Waals surface area contributed by atoms with Crippen molar-refractivity contribution in [3.8, 4) is 11.1 Å². The number of anilines is 1. The maximum atomic E-state index is 15.0. The van der Waals surface area contributed by atoms with Gasteiger partial charge in [-0.25, -0.2) is 18.7 Å². The number of fused-ring (bicyclic) bond motifs is 1. The smallest absolute Gasteiger partial charge is 0.258 e. The van der Waals surface area contributed by atoms with Gasteiger partial charge in [-0.15, -0.1) is 0 Å². The van der Waals surface area contributed by atoms with Crippen LogP contribution in [0, 0.1) is 25.5 Å². The van der Waals surface area contributed by atoms with E-state index in [9.17, 15) is 9.18 Å². The quantitative estimate of drug-likeness (QED) is 0.424. The zero-order valence-electron chi connectivity index (χ0n) is 19.4. The molecule has 0 radical (unpaired) electrons. The molecule has 1 aliphatic rings. The second-order valence-electron chi connectivity index (χ2n) is 8.84. The Morgan fingerprint density at radius 1 is 0.971 bits per heavy atom. The van der Waals surface area contributed by atoms with Crippen molar-refractivity contribution < 1.29 is 13.6 Å². The van der Waals surface area contributed by atoms with E-state index < -0.39 is 17.7 Å². The Morgan fingerprint density at radius 2 is 1.74 bits per heavy atom. The molecular weight excluding hydrogens is 446 g/mol. The molecule has 0 spiro atoms. The number of aromatic nitrogens is 2. The SMILES string of the molecule is Cc1ccc(-c2cc(F)ccc2C2Cc3nc(N)nc(C)c3C(=O)N2Cc2ccccc2)c(F)c1. The summed E-state index contributed by atoms with van der Waals surface area (Å²) < 4.78 is 29.5. The first kappa shape index (κ1) is 22.7. The molecule has 0 saturated heterocycles. The summed E-state index contributed by atoms with van der Waals surface area (Å²) in [5.41, 5.74) is 10.4. The number of nitrogens with zero attached hydrogens (tertiary/aromatic N) is 3. The number of amides is 1. The normalized spacial score (nSPS) is 15.3. The molecule has 2 heterocycles. The Morgan fingerprint density at radius 3 is 2.49 bits per heavy atom. The fraction of sp³-hybridized carbons (Fsp3) is 0.179. The number of carbonyl (C=O) groups excluding carboxylic acids is 1. The molecule has 1 atom stereocenters. The molecule has 0 bridgehead atoms. The maximum Gasteiger partial charge on any atom is 0.258 e. The number of rotatable bonds is 4. The molecule has 4 aromatic rings. The first-order valence-corrected chi connectivity index (χ1v) is 11.4. The van der Waals surface area contributed by atoms with Crippen molar-refractivity contribution in [1.82, 2.24) is 14.9 Å². The molecule has 7 heteroatoms. The molecular formula is C28H24F2N4O. The average molecular weight is 471 g/mol. The molecule has 1 aliphatic heterocycles. The topological polar surface area (TPSA) is 72.1 Å². The monoisotopic (exact) mass is 470 g/mol. The van der Waals surface area contributed by atoms with E-state index in [0.29, 0.717) is 41.0 Å². The Bertz CT molecular complexity index is 1440. The summed E-state index contributed by atoms with van der Waals surface area (Å²) in [7, 11) is 0. The van der Waals surface area contributed by atoms with Crippen LogP contribution in [0.1, 0.15) is 44.5 Å². The molecule has 2 N–H and O–H groups in total. The van der Waals surface area contributed by atoms with Gasteiger partial charge < -0.3 is 10.6 Å². The minimum atomic E-state index is -0.514. The molecule has 1 aromatic heterocycles. The fourth-order valence-electron chi connectivity index (χ4n) is 4.79. The molecule has 176 valence electrons. The highest BCUT2D eigenvalue weighted by Crippen LogP contribution is 2.40. The van der Waals surface area contributed by atoms with Crippen LogP contribution in [0.15, 0.2) is 66.7 Å². The highest BCUT2D eigenvalue weighted by molar-refractivity contribution is 5.98. The van der Waals surface area contributed by atoms with Gasteiger partial charge in [0.1, 0.15) is 11.6 Å². The minimum absolute atomic E-state index is 0.0909. The van der Waals surface area contributed by atoms with Crippen molar-refractivity contribution in [3.05, 3.63) is 112 Å². The molecule has 0 saturated carbocycles. The first-order valence-electron chi connectivity index (χ1n) is 11.4. The lowest BCUT2D eigenvalue weighted by molar-refractivity contribution is 0.0625. The van der Waals surface area contributed by atoms with Crippen molar-refractivity contribution >= 4 is 11.9 Å². The standard InChI is InChI=1S/C28H24F2N4O/c1-16-8-10-20(23(30)12-16)22-13-19(29)9-11-21(22)25-14-24-26(17(2)32-28(31)33-24)27(35)34(25)15-18-6-4-3-5-7-18/h3-13,25H,14-15H2,1-2H3,(H2,31,32,33). The van der Waals surface area contributed by atoms with Gasteiger partial charge >= 0.3 is 0 Å². The summed E-state index contributed by atoms with van der Waals surface area (Å²) in [6, 6.07) is 18.2. The van der Waals surface area contributed by atoms with E-state index in [1.807, 2.05) is 30.3 Å². The van der Waals surface area contributed by atoms with E-state index >= 15 is 4.39 Å². The highest BCUT2D eigenvalue weighted by Gasteiger charge is 2.37. The second-order valence-corrected chi connectivity index (χ2v) is 8.84. The number of hydrogen-bond acceptors (Lipinski definition) is 4. The zero-order chi connectivity index (χ0) is 24.7. The summed E-state index contributed by atoms with van der Waals surface area (Å²) in [6.45, 7) is 3.85. The van der Waals surface area contributed by atoms with Crippen LogP contribution in [0.4, 0.5) is 14.7 Å². The predicted octanol–water partition coefficient (Wildman–Crippen LogP) is 5.56. The van der Waals surface area contributed by atoms with Crippen LogP contribution in [0.5, 0.6) is 0 Å². The molecule has 35 heavy (non-hydrogen) atoms.